The highest BCUT2D eigenvalue weighted by Crippen LogP contribution is 2.29. The number of amides is 1. The molecule has 0 unspecified atom stereocenters. The van der Waals surface area contributed by atoms with Crippen LogP contribution in [-0.2, 0) is 0 Å². The monoisotopic (exact) mass is 522 g/mol. The molecule has 1 amide bonds. The van der Waals surface area contributed by atoms with Crippen LogP contribution in [0, 0.1) is 7.14 Å². The largest absolute Gasteiger partial charge is 0.487 e. The molecule has 1 aromatic rings. The van der Waals surface area contributed by atoms with Crippen molar-refractivity contribution in [3.8, 4) is 5.75 Å². The molecule has 0 heterocycles. The number of ether oxygens (including phenoxy) is 1. The minimum Gasteiger partial charge on any atom is -0.487 e. The number of hydrazine groups is 1. The van der Waals surface area contributed by atoms with Crippen LogP contribution in [0.25, 0.3) is 0 Å². The smallest absolute Gasteiger partial charge is 0.265 e. The van der Waals surface area contributed by atoms with Gasteiger partial charge < -0.3 is 4.74 Å². The standard InChI is InChI=1S/C13H16I2N2O2.ClH/c1-4-5-19-12-10(14)6-9(7-11(12)15)13(18)17-16-8(2)3;/h4,6-8,16H,1,5H2,2-3H3,(H,17,18);1H. The first-order valence-corrected chi connectivity index (χ1v) is 7.90. The van der Waals surface area contributed by atoms with E-state index in [1.165, 1.54) is 0 Å². The molecule has 0 aliphatic heterocycles. The molecule has 0 aliphatic carbocycles. The summed E-state index contributed by atoms with van der Waals surface area (Å²) in [7, 11) is 0. The number of carbonyl (C=O) groups is 1. The Morgan fingerprint density at radius 3 is 2.40 bits per heavy atom. The highest BCUT2D eigenvalue weighted by atomic mass is 127. The first kappa shape index (κ1) is 19.9. The Labute approximate surface area is 152 Å². The molecule has 20 heavy (non-hydrogen) atoms. The number of hydrogen-bond donors (Lipinski definition) is 2. The summed E-state index contributed by atoms with van der Waals surface area (Å²) in [6, 6.07) is 3.80. The summed E-state index contributed by atoms with van der Waals surface area (Å²) in [6.07, 6.45) is 1.69. The fourth-order valence-corrected chi connectivity index (χ4v) is 3.33. The van der Waals surface area contributed by atoms with Gasteiger partial charge in [-0.25, -0.2) is 5.43 Å². The molecule has 0 saturated heterocycles. The zero-order valence-corrected chi connectivity index (χ0v) is 16.3. The van der Waals surface area contributed by atoms with Gasteiger partial charge in [-0.3, -0.25) is 10.2 Å². The molecule has 4 nitrogen and oxygen atoms in total. The maximum Gasteiger partial charge on any atom is 0.265 e. The Bertz CT molecular complexity index is 458. The lowest BCUT2D eigenvalue weighted by atomic mass is 10.2. The van der Waals surface area contributed by atoms with E-state index in [-0.39, 0.29) is 24.4 Å². The third-order valence-electron chi connectivity index (χ3n) is 2.08. The molecule has 2 N–H and O–H groups in total. The Hall–Kier alpha value is -0.0600. The molecule has 0 aromatic heterocycles. The summed E-state index contributed by atoms with van der Waals surface area (Å²) < 4.78 is 7.38. The van der Waals surface area contributed by atoms with Crippen molar-refractivity contribution >= 4 is 63.5 Å². The van der Waals surface area contributed by atoms with Crippen molar-refractivity contribution in [1.82, 2.24) is 10.9 Å². The van der Waals surface area contributed by atoms with Crippen LogP contribution in [0.4, 0.5) is 0 Å². The van der Waals surface area contributed by atoms with Crippen molar-refractivity contribution < 1.29 is 9.53 Å². The minimum absolute atomic E-state index is 0. The van der Waals surface area contributed by atoms with E-state index >= 15 is 0 Å². The maximum absolute atomic E-state index is 11.9. The van der Waals surface area contributed by atoms with Crippen molar-refractivity contribution in [3.05, 3.63) is 37.5 Å². The second-order valence-electron chi connectivity index (χ2n) is 4.12. The van der Waals surface area contributed by atoms with Gasteiger partial charge in [-0.05, 0) is 71.2 Å². The van der Waals surface area contributed by atoms with E-state index in [1.807, 2.05) is 13.8 Å². The number of halogens is 3. The van der Waals surface area contributed by atoms with Gasteiger partial charge in [0.15, 0.2) is 0 Å². The van der Waals surface area contributed by atoms with Gasteiger partial charge in [0.25, 0.3) is 5.91 Å². The molecule has 0 aliphatic rings. The van der Waals surface area contributed by atoms with E-state index in [1.54, 1.807) is 18.2 Å². The van der Waals surface area contributed by atoms with Crippen LogP contribution < -0.4 is 15.6 Å². The molecule has 112 valence electrons. The summed E-state index contributed by atoms with van der Waals surface area (Å²) in [5.74, 6) is 0.634. The predicted octanol–water partition coefficient (Wildman–Crippen LogP) is 3.53. The fraction of sp³-hybridized carbons (Fsp3) is 0.308. The van der Waals surface area contributed by atoms with Gasteiger partial charge in [-0.1, -0.05) is 12.7 Å². The average Bonchev–Trinajstić information content (AvgIpc) is 2.34. The number of nitrogens with one attached hydrogen (secondary N) is 2. The molecule has 1 aromatic carbocycles. The second kappa shape index (κ2) is 9.80. The van der Waals surface area contributed by atoms with E-state index in [0.717, 1.165) is 12.9 Å². The van der Waals surface area contributed by atoms with Crippen molar-refractivity contribution in [1.29, 1.82) is 0 Å². The van der Waals surface area contributed by atoms with Crippen LogP contribution in [0.2, 0.25) is 0 Å². The first-order chi connectivity index (χ1) is 8.95. The van der Waals surface area contributed by atoms with Crippen LogP contribution in [0.5, 0.6) is 5.75 Å². The molecule has 0 fully saturated rings. The topological polar surface area (TPSA) is 50.4 Å². The number of carbonyl (C=O) groups excluding carboxylic acids is 1. The van der Waals surface area contributed by atoms with Gasteiger partial charge >= 0.3 is 0 Å². The maximum atomic E-state index is 11.9. The summed E-state index contributed by atoms with van der Waals surface area (Å²) in [4.78, 5) is 11.9. The highest BCUT2D eigenvalue weighted by Gasteiger charge is 2.13. The van der Waals surface area contributed by atoms with Crippen molar-refractivity contribution in [2.24, 2.45) is 0 Å². The number of hydrogen-bond acceptors (Lipinski definition) is 3. The van der Waals surface area contributed by atoms with E-state index < -0.39 is 0 Å². The first-order valence-electron chi connectivity index (χ1n) is 5.74. The van der Waals surface area contributed by atoms with Crippen LogP contribution in [0.3, 0.4) is 0 Å². The lowest BCUT2D eigenvalue weighted by Crippen LogP contribution is -2.41. The molecule has 0 spiro atoms. The molecular weight excluding hydrogens is 505 g/mol. The van der Waals surface area contributed by atoms with Gasteiger partial charge in [-0.2, -0.15) is 0 Å². The van der Waals surface area contributed by atoms with Gasteiger partial charge in [0.2, 0.25) is 0 Å². The number of benzene rings is 1. The second-order valence-corrected chi connectivity index (χ2v) is 6.45. The molecule has 7 heteroatoms. The Balaban J connectivity index is 0.00000361. The van der Waals surface area contributed by atoms with Crippen molar-refractivity contribution in [3.63, 3.8) is 0 Å². The van der Waals surface area contributed by atoms with Crippen LogP contribution in [-0.4, -0.2) is 18.6 Å². The van der Waals surface area contributed by atoms with E-state index in [4.69, 9.17) is 4.74 Å². The fourth-order valence-electron chi connectivity index (χ4n) is 1.25. The van der Waals surface area contributed by atoms with Crippen molar-refractivity contribution in [2.75, 3.05) is 6.61 Å². The Morgan fingerprint density at radius 2 is 1.95 bits per heavy atom. The zero-order chi connectivity index (χ0) is 14.4. The van der Waals surface area contributed by atoms with Gasteiger partial charge in [0, 0.05) is 11.6 Å². The Morgan fingerprint density at radius 1 is 1.40 bits per heavy atom. The molecule has 0 bridgehead atoms. The Kier molecular flexibility index (Phi) is 9.77. The highest BCUT2D eigenvalue weighted by molar-refractivity contribution is 14.1. The average molecular weight is 523 g/mol. The quantitative estimate of drug-likeness (QED) is 0.342. The lowest BCUT2D eigenvalue weighted by molar-refractivity contribution is 0.0927. The number of rotatable bonds is 6. The third kappa shape index (κ3) is 6.15. The van der Waals surface area contributed by atoms with Crippen LogP contribution in [0.15, 0.2) is 24.8 Å². The summed E-state index contributed by atoms with van der Waals surface area (Å²) >= 11 is 4.32. The third-order valence-corrected chi connectivity index (χ3v) is 3.68. The minimum atomic E-state index is -0.153. The van der Waals surface area contributed by atoms with Crippen LogP contribution in [0.1, 0.15) is 24.2 Å². The van der Waals surface area contributed by atoms with Crippen molar-refractivity contribution in [2.45, 2.75) is 19.9 Å². The van der Waals surface area contributed by atoms with Gasteiger partial charge in [0.05, 0.1) is 7.14 Å². The van der Waals surface area contributed by atoms with Crippen LogP contribution >= 0.6 is 57.6 Å². The van der Waals surface area contributed by atoms with Gasteiger partial charge in [-0.15, -0.1) is 12.4 Å². The summed E-state index contributed by atoms with van der Waals surface area (Å²) in [5.41, 5.74) is 6.15. The predicted molar refractivity (Wildman–Crippen MR) is 101 cm³/mol. The molecular formula is C13H17ClI2N2O2. The van der Waals surface area contributed by atoms with E-state index in [0.29, 0.717) is 12.2 Å². The van der Waals surface area contributed by atoms with E-state index in [2.05, 4.69) is 62.6 Å². The molecule has 0 atom stereocenters. The summed E-state index contributed by atoms with van der Waals surface area (Å²) in [6.45, 7) is 7.99. The molecule has 0 saturated carbocycles. The summed E-state index contributed by atoms with van der Waals surface area (Å²) in [5, 5.41) is 0. The SMILES string of the molecule is C=CCOc1c(I)cc(C(=O)NNC(C)C)cc1I.Cl. The molecule has 0 radical (unpaired) electrons. The van der Waals surface area contributed by atoms with Gasteiger partial charge in [0.1, 0.15) is 12.4 Å². The van der Waals surface area contributed by atoms with E-state index in [9.17, 15) is 4.79 Å². The zero-order valence-electron chi connectivity index (χ0n) is 11.2. The lowest BCUT2D eigenvalue weighted by Gasteiger charge is -2.13. The normalized spacial score (nSPS) is 9.85. The molecule has 1 rings (SSSR count).